The van der Waals surface area contributed by atoms with Gasteiger partial charge in [0, 0.05) is 0 Å². The van der Waals surface area contributed by atoms with Gasteiger partial charge < -0.3 is 4.74 Å². The summed E-state index contributed by atoms with van der Waals surface area (Å²) in [7, 11) is -7.19. The maximum absolute atomic E-state index is 13.6. The Kier molecular flexibility index (Phi) is 5.49. The predicted molar refractivity (Wildman–Crippen MR) is 72.2 cm³/mol. The zero-order valence-electron chi connectivity index (χ0n) is 10.9. The number of sulfone groups is 1. The second-order valence-corrected chi connectivity index (χ2v) is 8.00. The SMILES string of the molecule is CCCS(=O)(=O)CCOc1ccc(S(N)(=O)=O)cc1F. The zero-order valence-corrected chi connectivity index (χ0v) is 12.5. The Labute approximate surface area is 117 Å². The topological polar surface area (TPSA) is 104 Å². The molecule has 1 rings (SSSR count). The van der Waals surface area contributed by atoms with Crippen LogP contribution in [-0.4, -0.2) is 34.9 Å². The maximum atomic E-state index is 13.6. The first kappa shape index (κ1) is 16.9. The maximum Gasteiger partial charge on any atom is 0.238 e. The van der Waals surface area contributed by atoms with Crippen molar-refractivity contribution in [3.63, 3.8) is 0 Å². The molecule has 0 bridgehead atoms. The summed E-state index contributed by atoms with van der Waals surface area (Å²) < 4.78 is 63.4. The second kappa shape index (κ2) is 6.51. The Morgan fingerprint density at radius 2 is 1.85 bits per heavy atom. The second-order valence-electron chi connectivity index (χ2n) is 4.14. The summed E-state index contributed by atoms with van der Waals surface area (Å²) in [5.74, 6) is -1.31. The largest absolute Gasteiger partial charge is 0.489 e. The smallest absolute Gasteiger partial charge is 0.238 e. The van der Waals surface area contributed by atoms with Crippen molar-refractivity contribution in [2.45, 2.75) is 18.2 Å². The van der Waals surface area contributed by atoms with E-state index in [0.29, 0.717) is 6.42 Å². The molecular weight excluding hydrogens is 309 g/mol. The van der Waals surface area contributed by atoms with Crippen molar-refractivity contribution in [1.82, 2.24) is 0 Å². The third-order valence-corrected chi connectivity index (χ3v) is 5.13. The summed E-state index contributed by atoms with van der Waals surface area (Å²) in [6, 6.07) is 2.92. The van der Waals surface area contributed by atoms with E-state index in [4.69, 9.17) is 9.88 Å². The molecule has 0 heterocycles. The van der Waals surface area contributed by atoms with Crippen LogP contribution in [0.15, 0.2) is 23.1 Å². The molecule has 114 valence electrons. The fourth-order valence-corrected chi connectivity index (χ4v) is 3.16. The Morgan fingerprint density at radius 1 is 1.20 bits per heavy atom. The van der Waals surface area contributed by atoms with Crippen LogP contribution in [-0.2, 0) is 19.9 Å². The normalized spacial score (nSPS) is 12.3. The van der Waals surface area contributed by atoms with Gasteiger partial charge in [0.05, 0.1) is 16.4 Å². The Morgan fingerprint density at radius 3 is 2.35 bits per heavy atom. The van der Waals surface area contributed by atoms with Crippen LogP contribution in [0.1, 0.15) is 13.3 Å². The quantitative estimate of drug-likeness (QED) is 0.794. The van der Waals surface area contributed by atoms with Gasteiger partial charge >= 0.3 is 0 Å². The zero-order chi connectivity index (χ0) is 15.4. The van der Waals surface area contributed by atoms with E-state index in [1.165, 1.54) is 0 Å². The predicted octanol–water partition coefficient (Wildman–Crippen LogP) is 0.677. The fourth-order valence-electron chi connectivity index (χ4n) is 1.47. The van der Waals surface area contributed by atoms with Gasteiger partial charge in [-0.15, -0.1) is 0 Å². The highest BCUT2D eigenvalue weighted by Crippen LogP contribution is 2.20. The van der Waals surface area contributed by atoms with Crippen LogP contribution in [0.4, 0.5) is 4.39 Å². The Balaban J connectivity index is 2.71. The molecule has 0 saturated carbocycles. The van der Waals surface area contributed by atoms with E-state index in [-0.39, 0.29) is 28.8 Å². The molecule has 1 aromatic rings. The van der Waals surface area contributed by atoms with Crippen LogP contribution in [0.25, 0.3) is 0 Å². The van der Waals surface area contributed by atoms with Crippen LogP contribution in [0.2, 0.25) is 0 Å². The van der Waals surface area contributed by atoms with E-state index >= 15 is 0 Å². The van der Waals surface area contributed by atoms with Gasteiger partial charge in [0.25, 0.3) is 0 Å². The van der Waals surface area contributed by atoms with Crippen LogP contribution in [0.3, 0.4) is 0 Å². The summed E-state index contributed by atoms with van der Waals surface area (Å²) >= 11 is 0. The summed E-state index contributed by atoms with van der Waals surface area (Å²) in [6.07, 6.45) is 0.500. The molecular formula is C11H16FNO5S2. The lowest BCUT2D eigenvalue weighted by Crippen LogP contribution is -2.17. The summed E-state index contributed by atoms with van der Waals surface area (Å²) in [6.45, 7) is 1.54. The number of rotatable bonds is 7. The third kappa shape index (κ3) is 5.06. The van der Waals surface area contributed by atoms with Crippen molar-refractivity contribution in [3.05, 3.63) is 24.0 Å². The standard InChI is InChI=1S/C11H16FNO5S2/c1-2-6-19(14,15)7-5-18-11-4-3-9(8-10(11)12)20(13,16)17/h3-4,8H,2,5-7H2,1H3,(H2,13,16,17). The van der Waals surface area contributed by atoms with E-state index < -0.39 is 25.7 Å². The number of sulfonamides is 1. The molecule has 0 aliphatic heterocycles. The van der Waals surface area contributed by atoms with Crippen molar-refractivity contribution in [2.75, 3.05) is 18.1 Å². The average molecular weight is 325 g/mol. The lowest BCUT2D eigenvalue weighted by Gasteiger charge is -2.08. The van der Waals surface area contributed by atoms with Gasteiger partial charge in [-0.25, -0.2) is 26.4 Å². The lowest BCUT2D eigenvalue weighted by molar-refractivity contribution is 0.321. The molecule has 6 nitrogen and oxygen atoms in total. The molecule has 0 aliphatic rings. The number of benzene rings is 1. The van der Waals surface area contributed by atoms with Gasteiger partial charge in [0.15, 0.2) is 21.4 Å². The van der Waals surface area contributed by atoms with Crippen molar-refractivity contribution in [1.29, 1.82) is 0 Å². The van der Waals surface area contributed by atoms with E-state index in [1.807, 2.05) is 0 Å². The van der Waals surface area contributed by atoms with E-state index in [1.54, 1.807) is 6.92 Å². The first-order chi connectivity index (χ1) is 9.15. The minimum atomic E-state index is -3.98. The third-order valence-electron chi connectivity index (χ3n) is 2.40. The van der Waals surface area contributed by atoms with Gasteiger partial charge in [-0.3, -0.25) is 0 Å². The van der Waals surface area contributed by atoms with Crippen LogP contribution < -0.4 is 9.88 Å². The van der Waals surface area contributed by atoms with Crippen LogP contribution in [0, 0.1) is 5.82 Å². The van der Waals surface area contributed by atoms with Crippen molar-refractivity contribution in [2.24, 2.45) is 5.14 Å². The minimum Gasteiger partial charge on any atom is -0.489 e. The molecule has 0 amide bonds. The summed E-state index contributed by atoms with van der Waals surface area (Å²) in [5.41, 5.74) is 0. The van der Waals surface area contributed by atoms with Gasteiger partial charge in [-0.1, -0.05) is 6.92 Å². The van der Waals surface area contributed by atoms with E-state index in [0.717, 1.165) is 18.2 Å². The number of nitrogens with two attached hydrogens (primary N) is 1. The molecule has 0 aromatic heterocycles. The number of ether oxygens (including phenoxy) is 1. The number of halogens is 1. The molecule has 0 aliphatic carbocycles. The highest BCUT2D eigenvalue weighted by Gasteiger charge is 2.14. The number of hydrogen-bond acceptors (Lipinski definition) is 5. The molecule has 1 aromatic carbocycles. The molecule has 0 unspecified atom stereocenters. The van der Waals surface area contributed by atoms with Gasteiger partial charge in [0.1, 0.15) is 6.61 Å². The van der Waals surface area contributed by atoms with E-state index in [9.17, 15) is 21.2 Å². The molecule has 0 atom stereocenters. The first-order valence-corrected chi connectivity index (χ1v) is 9.18. The van der Waals surface area contributed by atoms with Crippen molar-refractivity contribution >= 4 is 19.9 Å². The van der Waals surface area contributed by atoms with Crippen LogP contribution >= 0.6 is 0 Å². The highest BCUT2D eigenvalue weighted by atomic mass is 32.2. The first-order valence-electron chi connectivity index (χ1n) is 5.81. The van der Waals surface area contributed by atoms with Crippen LogP contribution in [0.5, 0.6) is 5.75 Å². The average Bonchev–Trinajstić information content (AvgIpc) is 2.29. The number of primary sulfonamides is 1. The fraction of sp³-hybridized carbons (Fsp3) is 0.455. The highest BCUT2D eigenvalue weighted by molar-refractivity contribution is 7.91. The Hall–Kier alpha value is -1.19. The molecule has 20 heavy (non-hydrogen) atoms. The molecule has 9 heteroatoms. The molecule has 0 spiro atoms. The lowest BCUT2D eigenvalue weighted by atomic mass is 10.3. The van der Waals surface area contributed by atoms with Gasteiger partial charge in [-0.05, 0) is 24.6 Å². The molecule has 0 fully saturated rings. The minimum absolute atomic E-state index is 0.0448. The molecule has 2 N–H and O–H groups in total. The summed E-state index contributed by atoms with van der Waals surface area (Å²) in [5, 5.41) is 4.85. The van der Waals surface area contributed by atoms with Gasteiger partial charge in [0.2, 0.25) is 10.0 Å². The molecule has 0 saturated heterocycles. The monoisotopic (exact) mass is 325 g/mol. The molecule has 0 radical (unpaired) electrons. The Bertz CT molecular complexity index is 670. The number of hydrogen-bond donors (Lipinski definition) is 1. The van der Waals surface area contributed by atoms with E-state index in [2.05, 4.69) is 0 Å². The van der Waals surface area contributed by atoms with Crippen molar-refractivity contribution in [3.8, 4) is 5.75 Å². The summed E-state index contributed by atoms with van der Waals surface area (Å²) in [4.78, 5) is -0.374. The van der Waals surface area contributed by atoms with Gasteiger partial charge in [-0.2, -0.15) is 0 Å². The van der Waals surface area contributed by atoms with Crippen molar-refractivity contribution < 1.29 is 26.0 Å².